The number of carbonyl (C=O) groups is 1. The predicted octanol–water partition coefficient (Wildman–Crippen LogP) is 1.70. The van der Waals surface area contributed by atoms with Crippen molar-refractivity contribution in [3.05, 3.63) is 85.2 Å². The largest absolute Gasteiger partial charge is 0.493 e. The van der Waals surface area contributed by atoms with Crippen molar-refractivity contribution in [1.82, 2.24) is 9.55 Å². The lowest BCUT2D eigenvalue weighted by molar-refractivity contribution is -0.384. The summed E-state index contributed by atoms with van der Waals surface area (Å²) in [7, 11) is 2.85. The molecule has 2 N–H and O–H groups in total. The Morgan fingerprint density at radius 2 is 1.73 bits per heavy atom. The van der Waals surface area contributed by atoms with Gasteiger partial charge in [0.1, 0.15) is 5.56 Å². The normalized spacial score (nSPS) is 10.3. The van der Waals surface area contributed by atoms with Gasteiger partial charge in [0.05, 0.1) is 24.8 Å². The van der Waals surface area contributed by atoms with Gasteiger partial charge in [-0.2, -0.15) is 0 Å². The molecule has 0 aliphatic carbocycles. The number of carbonyl (C=O) groups excluding carboxylic acids is 1. The number of hydrogen-bond donors (Lipinski definition) is 2. The number of non-ortho nitro benzene ring substituents is 1. The van der Waals surface area contributed by atoms with E-state index in [4.69, 9.17) is 9.47 Å². The minimum atomic E-state index is -0.856. The van der Waals surface area contributed by atoms with E-state index >= 15 is 0 Å². The number of hydrogen-bond acceptors (Lipinski definition) is 7. The van der Waals surface area contributed by atoms with Crippen LogP contribution < -0.4 is 26.0 Å². The molecule has 0 atom stereocenters. The summed E-state index contributed by atoms with van der Waals surface area (Å²) in [6.07, 6.45) is 1.00. The lowest BCUT2D eigenvalue weighted by atomic mass is 10.2. The minimum Gasteiger partial charge on any atom is -0.493 e. The standard InChI is InChI=1S/C19H16N4O7/c1-29-15-8-7-13(9-16(15)30-2)22-18(25)14(10-20-19(22)26)17(24)21-11-3-5-12(6-4-11)23(27)28/h3-10H,1-2H3,(H,20,26)(H,21,24). The Morgan fingerprint density at radius 3 is 2.33 bits per heavy atom. The van der Waals surface area contributed by atoms with Crippen LogP contribution in [-0.2, 0) is 0 Å². The topological polar surface area (TPSA) is 146 Å². The molecule has 30 heavy (non-hydrogen) atoms. The molecule has 1 heterocycles. The number of benzene rings is 2. The van der Waals surface area contributed by atoms with Gasteiger partial charge in [-0.3, -0.25) is 19.7 Å². The Kier molecular flexibility index (Phi) is 5.63. The number of anilines is 1. The molecule has 11 heteroatoms. The lowest BCUT2D eigenvalue weighted by Crippen LogP contribution is -2.38. The Labute approximate surface area is 168 Å². The van der Waals surface area contributed by atoms with E-state index < -0.39 is 22.1 Å². The van der Waals surface area contributed by atoms with Crippen molar-refractivity contribution in [3.63, 3.8) is 0 Å². The molecule has 0 bridgehead atoms. The van der Waals surface area contributed by atoms with Gasteiger partial charge in [-0.25, -0.2) is 9.36 Å². The molecule has 11 nitrogen and oxygen atoms in total. The van der Waals surface area contributed by atoms with Gasteiger partial charge < -0.3 is 19.8 Å². The molecular formula is C19H16N4O7. The lowest BCUT2D eigenvalue weighted by Gasteiger charge is -2.11. The first-order valence-electron chi connectivity index (χ1n) is 8.48. The second kappa shape index (κ2) is 8.31. The number of H-pyrrole nitrogens is 1. The number of nitro benzene ring substituents is 1. The van der Waals surface area contributed by atoms with Crippen LogP contribution in [0.25, 0.3) is 5.69 Å². The van der Waals surface area contributed by atoms with Crippen LogP contribution >= 0.6 is 0 Å². The smallest absolute Gasteiger partial charge is 0.333 e. The number of nitrogens with zero attached hydrogens (tertiary/aromatic N) is 2. The number of ether oxygens (including phenoxy) is 2. The third-order valence-corrected chi connectivity index (χ3v) is 4.18. The van der Waals surface area contributed by atoms with Gasteiger partial charge in [0.2, 0.25) is 0 Å². The number of nitrogens with one attached hydrogen (secondary N) is 2. The van der Waals surface area contributed by atoms with Crippen molar-refractivity contribution in [2.75, 3.05) is 19.5 Å². The highest BCUT2D eigenvalue weighted by atomic mass is 16.6. The second-order valence-corrected chi connectivity index (χ2v) is 5.95. The maximum absolute atomic E-state index is 12.8. The van der Waals surface area contributed by atoms with Crippen LogP contribution in [0.2, 0.25) is 0 Å². The fourth-order valence-electron chi connectivity index (χ4n) is 2.70. The van der Waals surface area contributed by atoms with Gasteiger partial charge >= 0.3 is 5.69 Å². The van der Waals surface area contributed by atoms with Gasteiger partial charge in [0, 0.05) is 30.1 Å². The number of aromatic nitrogens is 2. The summed E-state index contributed by atoms with van der Waals surface area (Å²) in [5.41, 5.74) is -1.67. The van der Waals surface area contributed by atoms with Crippen molar-refractivity contribution >= 4 is 17.3 Å². The summed E-state index contributed by atoms with van der Waals surface area (Å²) in [6.45, 7) is 0. The molecule has 2 aromatic carbocycles. The number of rotatable bonds is 6. The predicted molar refractivity (Wildman–Crippen MR) is 107 cm³/mol. The highest BCUT2D eigenvalue weighted by Gasteiger charge is 2.17. The van der Waals surface area contributed by atoms with Gasteiger partial charge in [-0.05, 0) is 24.3 Å². The van der Waals surface area contributed by atoms with Crippen molar-refractivity contribution in [3.8, 4) is 17.2 Å². The fraction of sp³-hybridized carbons (Fsp3) is 0.105. The maximum Gasteiger partial charge on any atom is 0.333 e. The minimum absolute atomic E-state index is 0.146. The summed E-state index contributed by atoms with van der Waals surface area (Å²) >= 11 is 0. The van der Waals surface area contributed by atoms with Gasteiger partial charge in [0.25, 0.3) is 17.2 Å². The zero-order valence-electron chi connectivity index (χ0n) is 15.9. The van der Waals surface area contributed by atoms with E-state index in [9.17, 15) is 24.5 Å². The first kappa shape index (κ1) is 20.3. The number of aromatic amines is 1. The van der Waals surface area contributed by atoms with E-state index in [2.05, 4.69) is 10.3 Å². The van der Waals surface area contributed by atoms with Crippen LogP contribution in [0.15, 0.2) is 58.3 Å². The molecule has 0 radical (unpaired) electrons. The highest BCUT2D eigenvalue weighted by Crippen LogP contribution is 2.28. The van der Waals surface area contributed by atoms with E-state index in [0.717, 1.165) is 10.8 Å². The highest BCUT2D eigenvalue weighted by molar-refractivity contribution is 6.03. The molecule has 154 valence electrons. The molecule has 1 aromatic heterocycles. The first-order chi connectivity index (χ1) is 14.3. The molecule has 3 aromatic rings. The molecule has 0 unspecified atom stereocenters. The van der Waals surface area contributed by atoms with Crippen LogP contribution in [0.4, 0.5) is 11.4 Å². The summed E-state index contributed by atoms with van der Waals surface area (Å²) in [6, 6.07) is 9.49. The fourth-order valence-corrected chi connectivity index (χ4v) is 2.70. The van der Waals surface area contributed by atoms with Crippen LogP contribution in [0.5, 0.6) is 11.5 Å². The zero-order chi connectivity index (χ0) is 21.8. The number of nitro groups is 1. The first-order valence-corrected chi connectivity index (χ1v) is 8.48. The second-order valence-electron chi connectivity index (χ2n) is 5.95. The summed E-state index contributed by atoms with van der Waals surface area (Å²) in [5.74, 6) is -0.0980. The molecule has 0 spiro atoms. The van der Waals surface area contributed by atoms with Crippen LogP contribution in [-0.4, -0.2) is 34.6 Å². The Bertz CT molecular complexity index is 1230. The molecule has 0 fully saturated rings. The number of amides is 1. The van der Waals surface area contributed by atoms with Crippen molar-refractivity contribution < 1.29 is 19.2 Å². The van der Waals surface area contributed by atoms with Gasteiger partial charge in [-0.1, -0.05) is 0 Å². The van der Waals surface area contributed by atoms with E-state index in [1.165, 1.54) is 56.7 Å². The monoisotopic (exact) mass is 412 g/mol. The van der Waals surface area contributed by atoms with Crippen LogP contribution in [0, 0.1) is 10.1 Å². The molecule has 0 saturated heterocycles. The van der Waals surface area contributed by atoms with Gasteiger partial charge in [-0.15, -0.1) is 0 Å². The average Bonchev–Trinajstić information content (AvgIpc) is 2.73. The Morgan fingerprint density at radius 1 is 1.07 bits per heavy atom. The van der Waals surface area contributed by atoms with E-state index in [0.29, 0.717) is 11.5 Å². The van der Waals surface area contributed by atoms with Crippen molar-refractivity contribution in [1.29, 1.82) is 0 Å². The maximum atomic E-state index is 12.8. The molecule has 0 aliphatic heterocycles. The van der Waals surface area contributed by atoms with Crippen molar-refractivity contribution in [2.45, 2.75) is 0 Å². The van der Waals surface area contributed by atoms with E-state index in [-0.39, 0.29) is 22.6 Å². The number of methoxy groups -OCH3 is 2. The summed E-state index contributed by atoms with van der Waals surface area (Å²) in [4.78, 5) is 50.1. The molecule has 3 rings (SSSR count). The molecule has 0 aliphatic rings. The zero-order valence-corrected chi connectivity index (χ0v) is 15.9. The summed E-state index contributed by atoms with van der Waals surface area (Å²) in [5, 5.41) is 13.2. The Balaban J connectivity index is 1.98. The van der Waals surface area contributed by atoms with Gasteiger partial charge in [0.15, 0.2) is 11.5 Å². The molecule has 0 saturated carbocycles. The van der Waals surface area contributed by atoms with E-state index in [1.54, 1.807) is 0 Å². The van der Waals surface area contributed by atoms with E-state index in [1.807, 2.05) is 0 Å². The third kappa shape index (κ3) is 3.90. The average molecular weight is 412 g/mol. The Hall–Kier alpha value is -4.41. The van der Waals surface area contributed by atoms with Crippen LogP contribution in [0.3, 0.4) is 0 Å². The van der Waals surface area contributed by atoms with Crippen LogP contribution in [0.1, 0.15) is 10.4 Å². The summed E-state index contributed by atoms with van der Waals surface area (Å²) < 4.78 is 11.1. The SMILES string of the molecule is COc1ccc(-n2c(=O)[nH]cc(C(=O)Nc3ccc([N+](=O)[O-])cc3)c2=O)cc1OC. The molecular weight excluding hydrogens is 396 g/mol. The third-order valence-electron chi connectivity index (χ3n) is 4.18. The quantitative estimate of drug-likeness (QED) is 0.463. The molecule has 1 amide bonds. The van der Waals surface area contributed by atoms with Crippen molar-refractivity contribution in [2.24, 2.45) is 0 Å².